The number of aromatic carboxylic acids is 1. The number of hydrogen-bond donors (Lipinski definition) is 3. The van der Waals surface area contributed by atoms with Crippen LogP contribution >= 0.6 is 0 Å². The Balaban J connectivity index is 2.42. The second kappa shape index (κ2) is 3.30. The molecule has 0 amide bonds. The van der Waals surface area contributed by atoms with Gasteiger partial charge in [-0.25, -0.2) is 9.48 Å². The highest BCUT2D eigenvalue weighted by Gasteiger charge is 2.24. The molecule has 0 aliphatic carbocycles. The molecule has 1 atom stereocenters. The van der Waals surface area contributed by atoms with Gasteiger partial charge in [-0.2, -0.15) is 5.10 Å². The average molecular weight is 196 g/mol. The van der Waals surface area contributed by atoms with Crippen LogP contribution in [0.1, 0.15) is 22.8 Å². The lowest BCUT2D eigenvalue weighted by molar-refractivity contribution is 0.0697. The number of carbonyl (C=O) groups is 1. The molecule has 0 aromatic carbocycles. The van der Waals surface area contributed by atoms with E-state index >= 15 is 0 Å². The highest BCUT2D eigenvalue weighted by atomic mass is 16.4. The molecule has 4 N–H and O–H groups in total. The molecule has 0 saturated carbocycles. The first-order valence-corrected chi connectivity index (χ1v) is 4.48. The lowest BCUT2D eigenvalue weighted by atomic mass is 10.1. The van der Waals surface area contributed by atoms with Crippen molar-refractivity contribution in [2.75, 3.05) is 18.4 Å². The zero-order valence-corrected chi connectivity index (χ0v) is 7.60. The summed E-state index contributed by atoms with van der Waals surface area (Å²) < 4.78 is 1.66. The molecule has 1 aromatic heterocycles. The van der Waals surface area contributed by atoms with Crippen molar-refractivity contribution < 1.29 is 9.90 Å². The first-order valence-electron chi connectivity index (χ1n) is 4.48. The van der Waals surface area contributed by atoms with Crippen LogP contribution in [-0.2, 0) is 0 Å². The Hall–Kier alpha value is -1.56. The summed E-state index contributed by atoms with van der Waals surface area (Å²) in [5.74, 6) is -0.393. The number of rotatable bonds is 2. The zero-order chi connectivity index (χ0) is 10.1. The molecular formula is C8H12N4O2. The Morgan fingerprint density at radius 2 is 2.64 bits per heavy atom. The van der Waals surface area contributed by atoms with Gasteiger partial charge in [-0.1, -0.05) is 0 Å². The maximum absolute atomic E-state index is 10.8. The molecular weight excluding hydrogens is 184 g/mol. The number of nitrogens with zero attached hydrogens (tertiary/aromatic N) is 2. The number of anilines is 1. The smallest absolute Gasteiger partial charge is 0.341 e. The molecule has 0 radical (unpaired) electrons. The fourth-order valence-electron chi connectivity index (χ4n) is 1.67. The Morgan fingerprint density at radius 1 is 1.86 bits per heavy atom. The molecule has 2 heterocycles. The van der Waals surface area contributed by atoms with Crippen molar-refractivity contribution in [2.45, 2.75) is 12.5 Å². The molecule has 6 nitrogen and oxygen atoms in total. The number of fused-ring (bicyclic) bond motifs is 1. The van der Waals surface area contributed by atoms with E-state index in [1.165, 1.54) is 6.20 Å². The minimum atomic E-state index is -0.962. The van der Waals surface area contributed by atoms with Crippen LogP contribution in [0.2, 0.25) is 0 Å². The SMILES string of the molecule is NCC1CCNc2c(C(=O)O)cnn21. The fraction of sp³-hybridized carbons (Fsp3) is 0.500. The third-order valence-electron chi connectivity index (χ3n) is 2.41. The van der Waals surface area contributed by atoms with Crippen molar-refractivity contribution in [1.82, 2.24) is 9.78 Å². The van der Waals surface area contributed by atoms with Crippen molar-refractivity contribution >= 4 is 11.8 Å². The van der Waals surface area contributed by atoms with Gasteiger partial charge in [-0.05, 0) is 6.42 Å². The number of carboxylic acids is 1. The van der Waals surface area contributed by atoms with E-state index in [4.69, 9.17) is 10.8 Å². The summed E-state index contributed by atoms with van der Waals surface area (Å²) in [6.45, 7) is 1.23. The van der Waals surface area contributed by atoms with E-state index in [1.54, 1.807) is 4.68 Å². The van der Waals surface area contributed by atoms with Crippen LogP contribution in [0, 0.1) is 0 Å². The van der Waals surface area contributed by atoms with Gasteiger partial charge in [0.1, 0.15) is 11.4 Å². The molecule has 2 rings (SSSR count). The molecule has 1 aliphatic rings. The van der Waals surface area contributed by atoms with Gasteiger partial charge in [-0.15, -0.1) is 0 Å². The normalized spacial score (nSPS) is 19.9. The van der Waals surface area contributed by atoms with E-state index in [0.717, 1.165) is 13.0 Å². The van der Waals surface area contributed by atoms with Crippen molar-refractivity contribution in [1.29, 1.82) is 0 Å². The Kier molecular flexibility index (Phi) is 2.12. The molecule has 0 fully saturated rings. The van der Waals surface area contributed by atoms with Crippen molar-refractivity contribution in [3.05, 3.63) is 11.8 Å². The minimum absolute atomic E-state index is 0.111. The van der Waals surface area contributed by atoms with Gasteiger partial charge >= 0.3 is 5.97 Å². The van der Waals surface area contributed by atoms with Crippen LogP contribution in [0.5, 0.6) is 0 Å². The van der Waals surface area contributed by atoms with Gasteiger partial charge in [0.25, 0.3) is 0 Å². The summed E-state index contributed by atoms with van der Waals surface area (Å²) in [5, 5.41) is 15.9. The van der Waals surface area contributed by atoms with Gasteiger partial charge in [0.2, 0.25) is 0 Å². The molecule has 0 spiro atoms. The highest BCUT2D eigenvalue weighted by molar-refractivity contribution is 5.93. The minimum Gasteiger partial charge on any atom is -0.477 e. The second-order valence-electron chi connectivity index (χ2n) is 3.26. The van der Waals surface area contributed by atoms with Crippen LogP contribution in [0.4, 0.5) is 5.82 Å². The highest BCUT2D eigenvalue weighted by Crippen LogP contribution is 2.25. The topological polar surface area (TPSA) is 93.2 Å². The third-order valence-corrected chi connectivity index (χ3v) is 2.41. The summed E-state index contributed by atoms with van der Waals surface area (Å²) in [4.78, 5) is 10.8. The number of nitrogens with one attached hydrogen (secondary N) is 1. The number of nitrogens with two attached hydrogens (primary N) is 1. The monoisotopic (exact) mass is 196 g/mol. The summed E-state index contributed by atoms with van der Waals surface area (Å²) >= 11 is 0. The Labute approximate surface area is 80.7 Å². The van der Waals surface area contributed by atoms with E-state index in [1.807, 2.05) is 0 Å². The molecule has 14 heavy (non-hydrogen) atoms. The predicted octanol–water partition coefficient (Wildman–Crippen LogP) is -0.103. The predicted molar refractivity (Wildman–Crippen MR) is 50.4 cm³/mol. The number of hydrogen-bond acceptors (Lipinski definition) is 4. The first kappa shape index (κ1) is 9.01. The van der Waals surface area contributed by atoms with Crippen molar-refractivity contribution in [3.8, 4) is 0 Å². The van der Waals surface area contributed by atoms with Crippen LogP contribution in [0.25, 0.3) is 0 Å². The van der Waals surface area contributed by atoms with E-state index in [0.29, 0.717) is 12.4 Å². The maximum atomic E-state index is 10.8. The van der Waals surface area contributed by atoms with Crippen LogP contribution < -0.4 is 11.1 Å². The van der Waals surface area contributed by atoms with E-state index < -0.39 is 5.97 Å². The molecule has 1 aromatic rings. The Bertz CT molecular complexity index is 360. The zero-order valence-electron chi connectivity index (χ0n) is 7.60. The van der Waals surface area contributed by atoms with Crippen molar-refractivity contribution in [3.63, 3.8) is 0 Å². The van der Waals surface area contributed by atoms with Gasteiger partial charge in [-0.3, -0.25) is 0 Å². The molecule has 6 heteroatoms. The Morgan fingerprint density at radius 3 is 3.29 bits per heavy atom. The van der Waals surface area contributed by atoms with Crippen molar-refractivity contribution in [2.24, 2.45) is 5.73 Å². The second-order valence-corrected chi connectivity index (χ2v) is 3.26. The van der Waals surface area contributed by atoms with E-state index in [9.17, 15) is 4.79 Å². The standard InChI is InChI=1S/C8H12N4O2/c9-3-5-1-2-10-7-6(8(13)14)4-11-12(5)7/h4-5,10H,1-3,9H2,(H,13,14). The summed E-state index contributed by atoms with van der Waals surface area (Å²) in [6, 6.07) is 0.111. The number of aromatic nitrogens is 2. The lowest BCUT2D eigenvalue weighted by Crippen LogP contribution is -2.29. The molecule has 1 unspecified atom stereocenters. The van der Waals surface area contributed by atoms with Crippen LogP contribution in [-0.4, -0.2) is 33.9 Å². The van der Waals surface area contributed by atoms with Crippen LogP contribution in [0.15, 0.2) is 6.20 Å². The lowest BCUT2D eigenvalue weighted by Gasteiger charge is -2.24. The third kappa shape index (κ3) is 1.24. The molecule has 0 saturated heterocycles. The fourth-order valence-corrected chi connectivity index (χ4v) is 1.67. The maximum Gasteiger partial charge on any atom is 0.341 e. The summed E-state index contributed by atoms with van der Waals surface area (Å²) in [6.07, 6.45) is 2.24. The van der Waals surface area contributed by atoms with Gasteiger partial charge in [0, 0.05) is 13.1 Å². The van der Waals surface area contributed by atoms with Crippen LogP contribution in [0.3, 0.4) is 0 Å². The first-order chi connectivity index (χ1) is 6.74. The largest absolute Gasteiger partial charge is 0.477 e. The molecule has 76 valence electrons. The summed E-state index contributed by atoms with van der Waals surface area (Å²) in [7, 11) is 0. The van der Waals surface area contributed by atoms with Gasteiger partial charge in [0.15, 0.2) is 0 Å². The molecule has 1 aliphatic heterocycles. The number of carboxylic acid groups (broad SMARTS) is 1. The van der Waals surface area contributed by atoms with Gasteiger partial charge in [0.05, 0.1) is 12.2 Å². The summed E-state index contributed by atoms with van der Waals surface area (Å²) in [5.41, 5.74) is 5.78. The van der Waals surface area contributed by atoms with E-state index in [2.05, 4.69) is 10.4 Å². The van der Waals surface area contributed by atoms with Gasteiger partial charge < -0.3 is 16.2 Å². The average Bonchev–Trinajstić information content (AvgIpc) is 2.60. The van der Waals surface area contributed by atoms with E-state index in [-0.39, 0.29) is 11.6 Å². The molecule has 0 bridgehead atoms. The quantitative estimate of drug-likeness (QED) is 0.614.